The fourth-order valence-corrected chi connectivity index (χ4v) is 7.12. The molecule has 34 heavy (non-hydrogen) atoms. The number of fused-ring (bicyclic) bond motifs is 4. The van der Waals surface area contributed by atoms with Gasteiger partial charge in [-0.05, 0) is 57.5 Å². The highest BCUT2D eigenvalue weighted by Gasteiger charge is 2.35. The maximum absolute atomic E-state index is 2.52. The van der Waals surface area contributed by atoms with E-state index in [4.69, 9.17) is 0 Å². The minimum Gasteiger partial charge on any atom is -0.374 e. The van der Waals surface area contributed by atoms with E-state index in [1.807, 2.05) is 11.8 Å². The Morgan fingerprint density at radius 3 is 2.35 bits per heavy atom. The summed E-state index contributed by atoms with van der Waals surface area (Å²) in [7, 11) is 4.49. The van der Waals surface area contributed by atoms with Gasteiger partial charge >= 0.3 is 0 Å². The molecule has 0 amide bonds. The molecule has 3 aromatic carbocycles. The fourth-order valence-electron chi connectivity index (χ4n) is 6.00. The smallest absolute Gasteiger partial charge is 0.204 e. The van der Waals surface area contributed by atoms with E-state index in [9.17, 15) is 0 Å². The second-order valence-electron chi connectivity index (χ2n) is 11.7. The molecule has 174 valence electrons. The molecule has 0 unspecified atom stereocenters. The standard InChI is InChI=1S/C31H35N2S/c1-30(2)12-14-32(5)25-18-27-21(16-23(25)30)29(20-10-8-7-9-11-20)22-17-24-26(19-28(22)34-27)33(6)15-13-31(24,3)4/h7-11,16-19H,12-15H2,1-6H3/q+1. The van der Waals surface area contributed by atoms with Crippen molar-refractivity contribution >= 4 is 23.0 Å². The molecule has 3 aliphatic heterocycles. The van der Waals surface area contributed by atoms with Crippen LogP contribution >= 0.6 is 11.8 Å². The predicted octanol–water partition coefficient (Wildman–Crippen LogP) is 5.32. The molecule has 0 saturated carbocycles. The van der Waals surface area contributed by atoms with E-state index in [1.54, 1.807) is 0 Å². The SMILES string of the molecule is CN1CCC(C)(C)c2cc3c(cc21)Sc1cc2c(cc1=C3c1ccccc1)C(C)(C)CC[N+]=2C. The van der Waals surface area contributed by atoms with E-state index >= 15 is 0 Å². The van der Waals surface area contributed by atoms with Gasteiger partial charge in [-0.3, -0.25) is 0 Å². The first-order valence-corrected chi connectivity index (χ1v) is 13.4. The normalized spacial score (nSPS) is 19.8. The van der Waals surface area contributed by atoms with Gasteiger partial charge in [0.1, 0.15) is 13.6 Å². The lowest BCUT2D eigenvalue weighted by Crippen LogP contribution is -2.44. The third kappa shape index (κ3) is 3.27. The zero-order chi connectivity index (χ0) is 23.8. The summed E-state index contributed by atoms with van der Waals surface area (Å²) in [5, 5.41) is 2.79. The average Bonchev–Trinajstić information content (AvgIpc) is 2.82. The van der Waals surface area contributed by atoms with Crippen LogP contribution < -0.4 is 20.1 Å². The van der Waals surface area contributed by atoms with Crippen molar-refractivity contribution < 1.29 is 0 Å². The number of hydrogen-bond donors (Lipinski definition) is 0. The molecule has 0 N–H and O–H groups in total. The van der Waals surface area contributed by atoms with Crippen molar-refractivity contribution in [3.8, 4) is 0 Å². The van der Waals surface area contributed by atoms with Crippen LogP contribution in [0, 0.1) is 0 Å². The number of anilines is 1. The highest BCUT2D eigenvalue weighted by Crippen LogP contribution is 2.47. The summed E-state index contributed by atoms with van der Waals surface area (Å²) in [5.41, 5.74) is 8.83. The molecule has 0 aliphatic carbocycles. The minimum absolute atomic E-state index is 0.185. The molecule has 0 atom stereocenters. The Morgan fingerprint density at radius 1 is 0.853 bits per heavy atom. The molecule has 0 spiro atoms. The number of benzene rings is 3. The van der Waals surface area contributed by atoms with Crippen molar-refractivity contribution in [1.82, 2.24) is 4.58 Å². The Balaban J connectivity index is 1.74. The Bertz CT molecular complexity index is 1450. The lowest BCUT2D eigenvalue weighted by atomic mass is 9.76. The topological polar surface area (TPSA) is 6.25 Å². The average molecular weight is 468 g/mol. The highest BCUT2D eigenvalue weighted by atomic mass is 32.2. The van der Waals surface area contributed by atoms with Gasteiger partial charge in [0, 0.05) is 52.5 Å². The minimum atomic E-state index is 0.185. The maximum Gasteiger partial charge on any atom is 0.204 e. The van der Waals surface area contributed by atoms with Gasteiger partial charge < -0.3 is 4.90 Å². The van der Waals surface area contributed by atoms with Gasteiger partial charge in [0.15, 0.2) is 0 Å². The molecule has 0 aromatic heterocycles. The van der Waals surface area contributed by atoms with E-state index in [-0.39, 0.29) is 10.8 Å². The van der Waals surface area contributed by atoms with Crippen molar-refractivity contribution in [3.63, 3.8) is 0 Å². The van der Waals surface area contributed by atoms with Crippen LogP contribution in [0.3, 0.4) is 0 Å². The first kappa shape index (κ1) is 22.0. The third-order valence-corrected chi connectivity index (χ3v) is 9.56. The maximum atomic E-state index is 2.52. The first-order valence-electron chi connectivity index (χ1n) is 12.6. The zero-order valence-electron chi connectivity index (χ0n) is 21.3. The zero-order valence-corrected chi connectivity index (χ0v) is 22.1. The van der Waals surface area contributed by atoms with Crippen LogP contribution in [0.4, 0.5) is 5.69 Å². The molecule has 0 bridgehead atoms. The monoisotopic (exact) mass is 467 g/mol. The lowest BCUT2D eigenvalue weighted by molar-refractivity contribution is 0.410. The van der Waals surface area contributed by atoms with E-state index < -0.39 is 0 Å². The summed E-state index contributed by atoms with van der Waals surface area (Å²) in [6, 6.07) is 21.0. The molecular formula is C31H35N2S+. The summed E-state index contributed by atoms with van der Waals surface area (Å²) in [5.74, 6) is 0. The summed E-state index contributed by atoms with van der Waals surface area (Å²) in [6.07, 6.45) is 2.38. The number of hydrogen-bond acceptors (Lipinski definition) is 2. The van der Waals surface area contributed by atoms with Crippen molar-refractivity contribution in [2.24, 2.45) is 0 Å². The number of nitrogens with zero attached hydrogens (tertiary/aromatic N) is 2. The molecule has 6 rings (SSSR count). The number of rotatable bonds is 1. The molecule has 0 saturated heterocycles. The fraction of sp³-hybridized carbons (Fsp3) is 0.387. The van der Waals surface area contributed by atoms with Crippen molar-refractivity contribution in [1.29, 1.82) is 0 Å². The summed E-state index contributed by atoms with van der Waals surface area (Å²) in [4.78, 5) is 5.21. The van der Waals surface area contributed by atoms with Gasteiger partial charge in [0.05, 0.1) is 0 Å². The third-order valence-electron chi connectivity index (χ3n) is 8.44. The van der Waals surface area contributed by atoms with Crippen molar-refractivity contribution in [2.45, 2.75) is 61.2 Å². The van der Waals surface area contributed by atoms with Crippen LogP contribution in [0.15, 0.2) is 64.4 Å². The van der Waals surface area contributed by atoms with Gasteiger partial charge in [-0.2, -0.15) is 0 Å². The van der Waals surface area contributed by atoms with Crippen LogP contribution in [-0.2, 0) is 10.8 Å². The molecule has 0 radical (unpaired) electrons. The van der Waals surface area contributed by atoms with Gasteiger partial charge in [-0.25, -0.2) is 4.58 Å². The summed E-state index contributed by atoms with van der Waals surface area (Å²) in [6.45, 7) is 11.9. The van der Waals surface area contributed by atoms with E-state index in [2.05, 4.69) is 106 Å². The molecule has 3 aliphatic rings. The Morgan fingerprint density at radius 2 is 1.59 bits per heavy atom. The van der Waals surface area contributed by atoms with Gasteiger partial charge in [0.25, 0.3) is 0 Å². The predicted molar refractivity (Wildman–Crippen MR) is 145 cm³/mol. The van der Waals surface area contributed by atoms with Gasteiger partial charge in [-0.15, -0.1) is 0 Å². The van der Waals surface area contributed by atoms with Crippen LogP contribution in [0.5, 0.6) is 0 Å². The largest absolute Gasteiger partial charge is 0.374 e. The highest BCUT2D eigenvalue weighted by molar-refractivity contribution is 7.99. The molecule has 3 heteroatoms. The first-order chi connectivity index (χ1) is 16.2. The molecule has 3 heterocycles. The van der Waals surface area contributed by atoms with Crippen molar-refractivity contribution in [3.05, 3.63) is 87.4 Å². The van der Waals surface area contributed by atoms with Gasteiger partial charge in [-0.1, -0.05) is 69.8 Å². The quantitative estimate of drug-likeness (QED) is 0.350. The molecule has 3 aromatic rings. The van der Waals surface area contributed by atoms with E-state index in [0.717, 1.165) is 13.1 Å². The van der Waals surface area contributed by atoms with E-state index in [0.29, 0.717) is 0 Å². The Hall–Kier alpha value is -2.52. The van der Waals surface area contributed by atoms with Gasteiger partial charge in [0.2, 0.25) is 5.36 Å². The molecule has 0 fully saturated rings. The second kappa shape index (κ2) is 7.49. The van der Waals surface area contributed by atoms with Crippen LogP contribution in [0.1, 0.15) is 62.8 Å². The van der Waals surface area contributed by atoms with Crippen LogP contribution in [-0.4, -0.2) is 27.2 Å². The second-order valence-corrected chi connectivity index (χ2v) is 12.8. The molecule has 2 nitrogen and oxygen atoms in total. The van der Waals surface area contributed by atoms with Crippen LogP contribution in [0.2, 0.25) is 0 Å². The lowest BCUT2D eigenvalue weighted by Gasteiger charge is -2.39. The van der Waals surface area contributed by atoms with Crippen molar-refractivity contribution in [2.75, 3.05) is 32.1 Å². The Labute approximate surface area is 208 Å². The summed E-state index contributed by atoms with van der Waals surface area (Å²) >= 11 is 1.96. The summed E-state index contributed by atoms with van der Waals surface area (Å²) < 4.78 is 2.45. The van der Waals surface area contributed by atoms with Crippen LogP contribution in [0.25, 0.3) is 5.57 Å². The van der Waals surface area contributed by atoms with E-state index in [1.165, 1.54) is 66.7 Å². The molecular weight excluding hydrogens is 432 g/mol. The Kier molecular flexibility index (Phi) is 4.84.